The van der Waals surface area contributed by atoms with Crippen LogP contribution in [0.2, 0.25) is 5.02 Å². The van der Waals surface area contributed by atoms with Gasteiger partial charge in [0.05, 0.1) is 18.3 Å². The summed E-state index contributed by atoms with van der Waals surface area (Å²) in [5.74, 6) is -1.04. The smallest absolute Gasteiger partial charge is 0.346 e. The van der Waals surface area contributed by atoms with E-state index in [2.05, 4.69) is 4.98 Å². The normalized spacial score (nSPS) is 11.0. The fourth-order valence-corrected chi connectivity index (χ4v) is 3.46. The van der Waals surface area contributed by atoms with E-state index >= 15 is 0 Å². The summed E-state index contributed by atoms with van der Waals surface area (Å²) in [6.45, 7) is 1.92. The molecular formula is C15H11ClN2O3S. The fourth-order valence-electron chi connectivity index (χ4n) is 2.29. The number of halogens is 1. The number of carboxylic acids is 1. The van der Waals surface area contributed by atoms with E-state index in [1.165, 1.54) is 10.9 Å². The number of hydrogen-bond acceptors (Lipinski definition) is 4. The first-order valence-electron chi connectivity index (χ1n) is 6.44. The molecule has 0 aliphatic heterocycles. The summed E-state index contributed by atoms with van der Waals surface area (Å²) < 4.78 is 1.44. The molecule has 0 spiro atoms. The van der Waals surface area contributed by atoms with Crippen molar-refractivity contribution in [3.8, 4) is 0 Å². The highest BCUT2D eigenvalue weighted by Gasteiger charge is 2.18. The fraction of sp³-hybridized carbons (Fsp3) is 0.133. The molecule has 0 unspecified atom stereocenters. The minimum absolute atomic E-state index is 0.148. The standard InChI is InChI=1S/C15H11ClN2O3S/c1-8-11-13(22-12(8)15(20)21)17-7-18(14(11)19)6-9-4-2-3-5-10(9)16/h2-5,7H,6H2,1H3,(H,20,21). The number of aryl methyl sites for hydroxylation is 1. The molecule has 0 radical (unpaired) electrons. The number of nitrogens with zero attached hydrogens (tertiary/aromatic N) is 2. The second kappa shape index (κ2) is 5.55. The second-order valence-electron chi connectivity index (χ2n) is 4.81. The number of carboxylic acid groups (broad SMARTS) is 1. The third kappa shape index (κ3) is 2.40. The molecule has 0 fully saturated rings. The summed E-state index contributed by atoms with van der Waals surface area (Å²) in [5, 5.41) is 10.1. The predicted molar refractivity (Wildman–Crippen MR) is 86.1 cm³/mol. The molecule has 5 nitrogen and oxygen atoms in total. The van der Waals surface area contributed by atoms with Crippen molar-refractivity contribution in [3.63, 3.8) is 0 Å². The van der Waals surface area contributed by atoms with E-state index in [0.29, 0.717) is 27.3 Å². The molecule has 1 aromatic carbocycles. The number of hydrogen-bond donors (Lipinski definition) is 1. The van der Waals surface area contributed by atoms with Crippen LogP contribution in [0.3, 0.4) is 0 Å². The van der Waals surface area contributed by atoms with Crippen molar-refractivity contribution < 1.29 is 9.90 Å². The maximum Gasteiger partial charge on any atom is 0.346 e. The quantitative estimate of drug-likeness (QED) is 0.798. The van der Waals surface area contributed by atoms with Gasteiger partial charge in [-0.25, -0.2) is 9.78 Å². The van der Waals surface area contributed by atoms with Gasteiger partial charge in [0, 0.05) is 5.02 Å². The van der Waals surface area contributed by atoms with Crippen molar-refractivity contribution >= 4 is 39.1 Å². The summed E-state index contributed by atoms with van der Waals surface area (Å²) in [6, 6.07) is 7.25. The third-order valence-electron chi connectivity index (χ3n) is 3.41. The van der Waals surface area contributed by atoms with Gasteiger partial charge < -0.3 is 5.11 Å². The summed E-state index contributed by atoms with van der Waals surface area (Å²) in [7, 11) is 0. The van der Waals surface area contributed by atoms with Crippen LogP contribution in [0, 0.1) is 6.92 Å². The van der Waals surface area contributed by atoms with Crippen molar-refractivity contribution in [1.82, 2.24) is 9.55 Å². The van der Waals surface area contributed by atoms with Crippen LogP contribution in [0.25, 0.3) is 10.2 Å². The molecule has 0 amide bonds. The minimum atomic E-state index is -1.04. The zero-order chi connectivity index (χ0) is 15.9. The lowest BCUT2D eigenvalue weighted by atomic mass is 10.2. The first-order valence-corrected chi connectivity index (χ1v) is 7.63. The van der Waals surface area contributed by atoms with Gasteiger partial charge in [-0.3, -0.25) is 9.36 Å². The zero-order valence-electron chi connectivity index (χ0n) is 11.5. The molecule has 2 aromatic heterocycles. The highest BCUT2D eigenvalue weighted by atomic mass is 35.5. The molecule has 3 rings (SSSR count). The second-order valence-corrected chi connectivity index (χ2v) is 6.22. The minimum Gasteiger partial charge on any atom is -0.477 e. The topological polar surface area (TPSA) is 72.2 Å². The van der Waals surface area contributed by atoms with Crippen molar-refractivity contribution in [1.29, 1.82) is 0 Å². The van der Waals surface area contributed by atoms with Crippen LogP contribution < -0.4 is 5.56 Å². The summed E-state index contributed by atoms with van der Waals surface area (Å²) >= 11 is 7.12. The Morgan fingerprint density at radius 2 is 2.14 bits per heavy atom. The molecule has 0 aliphatic carbocycles. The Kier molecular flexibility index (Phi) is 3.72. The van der Waals surface area contributed by atoms with Crippen LogP contribution in [0.1, 0.15) is 20.8 Å². The Labute approximate surface area is 134 Å². The van der Waals surface area contributed by atoms with Crippen molar-refractivity contribution in [2.45, 2.75) is 13.5 Å². The van der Waals surface area contributed by atoms with Crippen LogP contribution in [0.4, 0.5) is 0 Å². The number of aromatic nitrogens is 2. The van der Waals surface area contributed by atoms with Crippen LogP contribution in [0.15, 0.2) is 35.4 Å². The van der Waals surface area contributed by atoms with Crippen LogP contribution in [0.5, 0.6) is 0 Å². The maximum atomic E-state index is 12.6. The third-order valence-corrected chi connectivity index (χ3v) is 4.97. The SMILES string of the molecule is Cc1c(C(=O)O)sc2ncn(Cc3ccccc3Cl)c(=O)c12. The maximum absolute atomic E-state index is 12.6. The van der Waals surface area contributed by atoms with E-state index < -0.39 is 5.97 Å². The van der Waals surface area contributed by atoms with Crippen LogP contribution >= 0.6 is 22.9 Å². The first-order chi connectivity index (χ1) is 10.5. The molecule has 0 saturated heterocycles. The van der Waals surface area contributed by atoms with Gasteiger partial charge >= 0.3 is 5.97 Å². The van der Waals surface area contributed by atoms with Gasteiger partial charge in [0.15, 0.2) is 0 Å². The molecule has 3 aromatic rings. The average Bonchev–Trinajstić information content (AvgIpc) is 2.82. The first kappa shape index (κ1) is 14.7. The Hall–Kier alpha value is -2.18. The Bertz CT molecular complexity index is 946. The van der Waals surface area contributed by atoms with Crippen molar-refractivity contribution in [2.24, 2.45) is 0 Å². The van der Waals surface area contributed by atoms with E-state index in [0.717, 1.165) is 16.9 Å². The van der Waals surface area contributed by atoms with Gasteiger partial charge in [0.25, 0.3) is 5.56 Å². The largest absolute Gasteiger partial charge is 0.477 e. The van der Waals surface area contributed by atoms with E-state index in [1.54, 1.807) is 13.0 Å². The summed E-state index contributed by atoms with van der Waals surface area (Å²) in [4.78, 5) is 28.6. The Morgan fingerprint density at radius 1 is 1.41 bits per heavy atom. The monoisotopic (exact) mass is 334 g/mol. The molecule has 0 aliphatic rings. The van der Waals surface area contributed by atoms with Crippen LogP contribution in [-0.4, -0.2) is 20.6 Å². The number of thiophene rings is 1. The molecule has 0 bridgehead atoms. The molecular weight excluding hydrogens is 324 g/mol. The van der Waals surface area contributed by atoms with Gasteiger partial charge in [-0.05, 0) is 24.1 Å². The van der Waals surface area contributed by atoms with Gasteiger partial charge in [-0.15, -0.1) is 11.3 Å². The highest BCUT2D eigenvalue weighted by Crippen LogP contribution is 2.26. The highest BCUT2D eigenvalue weighted by molar-refractivity contribution is 7.20. The van der Waals surface area contributed by atoms with Crippen molar-refractivity contribution in [3.05, 3.63) is 62.0 Å². The van der Waals surface area contributed by atoms with Gasteiger partial charge in [0.1, 0.15) is 9.71 Å². The van der Waals surface area contributed by atoms with Gasteiger partial charge in [-0.1, -0.05) is 29.8 Å². The molecule has 0 atom stereocenters. The van der Waals surface area contributed by atoms with E-state index in [-0.39, 0.29) is 10.4 Å². The molecule has 22 heavy (non-hydrogen) atoms. The average molecular weight is 335 g/mol. The number of carbonyl (C=O) groups is 1. The molecule has 2 heterocycles. The van der Waals surface area contributed by atoms with E-state index in [4.69, 9.17) is 16.7 Å². The molecule has 1 N–H and O–H groups in total. The van der Waals surface area contributed by atoms with E-state index in [9.17, 15) is 9.59 Å². The molecule has 7 heteroatoms. The van der Waals surface area contributed by atoms with Crippen LogP contribution in [-0.2, 0) is 6.54 Å². The summed E-state index contributed by atoms with van der Waals surface area (Å²) in [6.07, 6.45) is 1.43. The number of benzene rings is 1. The van der Waals surface area contributed by atoms with Gasteiger partial charge in [0.2, 0.25) is 0 Å². The van der Waals surface area contributed by atoms with Crippen molar-refractivity contribution in [2.75, 3.05) is 0 Å². The lowest BCUT2D eigenvalue weighted by Gasteiger charge is -2.07. The zero-order valence-corrected chi connectivity index (χ0v) is 13.1. The number of fused-ring (bicyclic) bond motifs is 1. The number of aromatic carboxylic acids is 1. The van der Waals surface area contributed by atoms with Gasteiger partial charge in [-0.2, -0.15) is 0 Å². The lowest BCUT2D eigenvalue weighted by molar-refractivity contribution is 0.0701. The Balaban J connectivity index is 2.15. The number of rotatable bonds is 3. The Morgan fingerprint density at radius 3 is 2.82 bits per heavy atom. The predicted octanol–water partition coefficient (Wildman–Crippen LogP) is 3.17. The molecule has 112 valence electrons. The lowest BCUT2D eigenvalue weighted by Crippen LogP contribution is -2.21. The summed E-state index contributed by atoms with van der Waals surface area (Å²) in [5.41, 5.74) is 1.00. The molecule has 0 saturated carbocycles. The van der Waals surface area contributed by atoms with E-state index in [1.807, 2.05) is 18.2 Å².